The number of thiophene rings is 1. The number of hydrogen-bond acceptors (Lipinski definition) is 7. The molecule has 1 atom stereocenters. The van der Waals surface area contributed by atoms with Crippen molar-refractivity contribution in [3.8, 4) is 0 Å². The molecule has 1 saturated carbocycles. The van der Waals surface area contributed by atoms with E-state index in [1.807, 2.05) is 0 Å². The third-order valence-corrected chi connectivity index (χ3v) is 8.28. The molecular formula is C21H19ClN6O3S. The Morgan fingerprint density at radius 1 is 1.34 bits per heavy atom. The maximum Gasteiger partial charge on any atom is 0.276 e. The zero-order chi connectivity index (χ0) is 22.2. The maximum absolute atomic E-state index is 13.4. The molecule has 0 radical (unpaired) electrons. The monoisotopic (exact) mass is 470 g/mol. The minimum Gasteiger partial charge on any atom is -0.369 e. The number of nitrogens with two attached hydrogens (primary N) is 1. The first-order valence-electron chi connectivity index (χ1n) is 10.5. The number of primary amides is 1. The first-order valence-corrected chi connectivity index (χ1v) is 11.7. The lowest BCUT2D eigenvalue weighted by atomic mass is 9.85. The Hall–Kier alpha value is -2.98. The zero-order valence-corrected chi connectivity index (χ0v) is 18.5. The van der Waals surface area contributed by atoms with Gasteiger partial charge in [-0.2, -0.15) is 0 Å². The Bertz CT molecular complexity index is 1390. The quantitative estimate of drug-likeness (QED) is 0.538. The maximum atomic E-state index is 13.4. The number of pyridine rings is 1. The van der Waals surface area contributed by atoms with E-state index in [1.165, 1.54) is 28.3 Å². The van der Waals surface area contributed by atoms with Crippen LogP contribution >= 0.6 is 22.9 Å². The Balaban J connectivity index is 1.46. The van der Waals surface area contributed by atoms with Gasteiger partial charge in [-0.25, -0.2) is 9.97 Å². The summed E-state index contributed by atoms with van der Waals surface area (Å²) in [6.07, 6.45) is 5.73. The second-order valence-corrected chi connectivity index (χ2v) is 10.1. The van der Waals surface area contributed by atoms with Crippen molar-refractivity contribution in [2.45, 2.75) is 44.2 Å². The molecular weight excluding hydrogens is 452 g/mol. The van der Waals surface area contributed by atoms with E-state index in [0.717, 1.165) is 27.1 Å². The number of aryl methyl sites for hydroxylation is 1. The van der Waals surface area contributed by atoms with Crippen LogP contribution in [0, 0.1) is 5.92 Å². The highest BCUT2D eigenvalue weighted by atomic mass is 35.5. The van der Waals surface area contributed by atoms with Gasteiger partial charge >= 0.3 is 0 Å². The molecule has 1 aliphatic heterocycles. The van der Waals surface area contributed by atoms with Crippen LogP contribution in [0.3, 0.4) is 0 Å². The van der Waals surface area contributed by atoms with Crippen molar-refractivity contribution in [2.24, 2.45) is 11.7 Å². The van der Waals surface area contributed by atoms with Crippen LogP contribution in [0.1, 0.15) is 46.6 Å². The van der Waals surface area contributed by atoms with Crippen molar-refractivity contribution in [3.05, 3.63) is 43.9 Å². The van der Waals surface area contributed by atoms with Gasteiger partial charge in [-0.15, -0.1) is 11.3 Å². The van der Waals surface area contributed by atoms with Crippen LogP contribution in [0.5, 0.6) is 0 Å². The van der Waals surface area contributed by atoms with Crippen molar-refractivity contribution in [1.82, 2.24) is 19.9 Å². The lowest BCUT2D eigenvalue weighted by Gasteiger charge is -2.39. The van der Waals surface area contributed by atoms with Crippen molar-refractivity contribution >= 4 is 56.5 Å². The van der Waals surface area contributed by atoms with Crippen molar-refractivity contribution in [1.29, 1.82) is 0 Å². The minimum atomic E-state index is -0.683. The molecule has 1 spiro atoms. The summed E-state index contributed by atoms with van der Waals surface area (Å²) in [6.45, 7) is 0. The average Bonchev–Trinajstić information content (AvgIpc) is 3.27. The predicted octanol–water partition coefficient (Wildman–Crippen LogP) is 2.42. The molecule has 6 rings (SSSR count). The molecule has 2 aliphatic carbocycles. The van der Waals surface area contributed by atoms with Crippen LogP contribution in [-0.4, -0.2) is 26.3 Å². The molecule has 0 bridgehead atoms. The molecule has 3 aromatic rings. The van der Waals surface area contributed by atoms with Crippen molar-refractivity contribution < 1.29 is 9.59 Å². The number of carbonyl (C=O) groups is 2. The topological polar surface area (TPSA) is 132 Å². The number of halogens is 1. The van der Waals surface area contributed by atoms with Gasteiger partial charge in [-0.3, -0.25) is 19.0 Å². The predicted molar refractivity (Wildman–Crippen MR) is 120 cm³/mol. The lowest BCUT2D eigenvalue weighted by Crippen LogP contribution is -2.52. The number of nitrogens with zero attached hydrogens (tertiary/aromatic N) is 3. The van der Waals surface area contributed by atoms with E-state index in [9.17, 15) is 14.4 Å². The van der Waals surface area contributed by atoms with Gasteiger partial charge in [0.25, 0.3) is 11.5 Å². The molecule has 32 heavy (non-hydrogen) atoms. The fourth-order valence-corrected chi connectivity index (χ4v) is 6.60. The number of rotatable bonds is 3. The van der Waals surface area contributed by atoms with Gasteiger partial charge in [0.1, 0.15) is 34.0 Å². The Labute approximate surface area is 191 Å². The number of anilines is 2. The van der Waals surface area contributed by atoms with E-state index < -0.39 is 5.66 Å². The molecule has 2 amide bonds. The summed E-state index contributed by atoms with van der Waals surface area (Å²) >= 11 is 7.96. The number of hydrogen-bond donors (Lipinski definition) is 3. The van der Waals surface area contributed by atoms with E-state index in [1.54, 1.807) is 0 Å². The van der Waals surface area contributed by atoms with Gasteiger partial charge in [0.2, 0.25) is 5.91 Å². The third-order valence-electron chi connectivity index (χ3n) is 6.83. The van der Waals surface area contributed by atoms with E-state index in [-0.39, 0.29) is 39.7 Å². The van der Waals surface area contributed by atoms with Gasteiger partial charge in [0, 0.05) is 10.8 Å². The van der Waals surface area contributed by atoms with Crippen molar-refractivity contribution in [3.63, 3.8) is 0 Å². The SMILES string of the molecule is NC(=O)[C@H]1CCc2c(sc3ncnc(Nc4cc(Cl)c5n(c4=O)C4(CCC4)NC5=O)c23)C1. The largest absolute Gasteiger partial charge is 0.369 e. The van der Waals surface area contributed by atoms with Crippen LogP contribution in [-0.2, 0) is 23.3 Å². The van der Waals surface area contributed by atoms with Crippen LogP contribution in [0.25, 0.3) is 10.2 Å². The molecule has 4 N–H and O–H groups in total. The second-order valence-electron chi connectivity index (χ2n) is 8.61. The van der Waals surface area contributed by atoms with Gasteiger partial charge in [0.05, 0.1) is 10.4 Å². The first kappa shape index (κ1) is 19.7. The molecule has 3 aromatic heterocycles. The highest BCUT2D eigenvalue weighted by Gasteiger charge is 2.49. The van der Waals surface area contributed by atoms with Crippen LogP contribution in [0.2, 0.25) is 5.02 Å². The zero-order valence-electron chi connectivity index (χ0n) is 16.9. The van der Waals surface area contributed by atoms with E-state index in [0.29, 0.717) is 37.9 Å². The normalized spacial score (nSPS) is 20.5. The van der Waals surface area contributed by atoms with Crippen LogP contribution < -0.4 is 21.9 Å². The molecule has 0 aromatic carbocycles. The summed E-state index contributed by atoms with van der Waals surface area (Å²) in [5.41, 5.74) is 6.08. The third kappa shape index (κ3) is 2.65. The van der Waals surface area contributed by atoms with E-state index in [2.05, 4.69) is 20.6 Å². The number of amides is 2. The number of carbonyl (C=O) groups excluding carboxylic acids is 2. The fraction of sp³-hybridized carbons (Fsp3) is 0.381. The fourth-order valence-electron chi connectivity index (χ4n) is 5.06. The molecule has 164 valence electrons. The minimum absolute atomic E-state index is 0.177. The highest BCUT2D eigenvalue weighted by molar-refractivity contribution is 7.19. The number of nitrogens with one attached hydrogen (secondary N) is 2. The van der Waals surface area contributed by atoms with Crippen LogP contribution in [0.4, 0.5) is 11.5 Å². The standard InChI is InChI=1S/C21H19ClN6O3S/c22-11-7-12(20(31)28-15(11)18(30)27-21(28)4-1-5-21)26-17-14-10-3-2-9(16(23)29)6-13(10)32-19(14)25-8-24-17/h7-9H,1-6H2,(H2,23,29)(H,27,30)(H,24,25,26)/t9-/m0/s1. The molecule has 4 heterocycles. The summed E-state index contributed by atoms with van der Waals surface area (Å²) in [5, 5.41) is 7.17. The van der Waals surface area contributed by atoms with Gasteiger partial charge < -0.3 is 16.4 Å². The summed E-state index contributed by atoms with van der Waals surface area (Å²) in [4.78, 5) is 48.2. The highest BCUT2D eigenvalue weighted by Crippen LogP contribution is 2.43. The molecule has 0 unspecified atom stereocenters. The summed E-state index contributed by atoms with van der Waals surface area (Å²) in [7, 11) is 0. The summed E-state index contributed by atoms with van der Waals surface area (Å²) in [5.74, 6) is -0.271. The lowest BCUT2D eigenvalue weighted by molar-refractivity contribution is -0.122. The average molecular weight is 471 g/mol. The molecule has 1 fully saturated rings. The van der Waals surface area contributed by atoms with E-state index in [4.69, 9.17) is 17.3 Å². The number of aromatic nitrogens is 3. The summed E-state index contributed by atoms with van der Waals surface area (Å²) < 4.78 is 1.50. The summed E-state index contributed by atoms with van der Waals surface area (Å²) in [6, 6.07) is 1.49. The molecule has 9 nitrogen and oxygen atoms in total. The molecule has 0 saturated heterocycles. The Morgan fingerprint density at radius 2 is 2.16 bits per heavy atom. The smallest absolute Gasteiger partial charge is 0.276 e. The number of fused-ring (bicyclic) bond motifs is 5. The Morgan fingerprint density at radius 3 is 2.88 bits per heavy atom. The molecule has 11 heteroatoms. The second kappa shape index (κ2) is 6.76. The van der Waals surface area contributed by atoms with Crippen LogP contribution in [0.15, 0.2) is 17.2 Å². The van der Waals surface area contributed by atoms with Gasteiger partial charge in [0.15, 0.2) is 0 Å². The molecule has 3 aliphatic rings. The first-order chi connectivity index (χ1) is 15.4. The van der Waals surface area contributed by atoms with Gasteiger partial charge in [-0.05, 0) is 50.2 Å². The van der Waals surface area contributed by atoms with E-state index >= 15 is 0 Å². The Kier molecular flexibility index (Phi) is 4.16. The van der Waals surface area contributed by atoms with Crippen molar-refractivity contribution in [2.75, 3.05) is 5.32 Å². The van der Waals surface area contributed by atoms with Gasteiger partial charge in [-0.1, -0.05) is 11.6 Å².